The summed E-state index contributed by atoms with van der Waals surface area (Å²) in [6.45, 7) is 0. The average molecular weight is 260 g/mol. The van der Waals surface area contributed by atoms with E-state index in [1.54, 1.807) is 0 Å². The van der Waals surface area contributed by atoms with Crippen LogP contribution in [0.5, 0.6) is 0 Å². The van der Waals surface area contributed by atoms with Gasteiger partial charge in [-0.15, -0.1) is 11.6 Å². The van der Waals surface area contributed by atoms with Crippen LogP contribution in [0.15, 0.2) is 18.2 Å². The lowest BCUT2D eigenvalue weighted by Gasteiger charge is -2.14. The molecule has 0 aliphatic heterocycles. The Bertz CT molecular complexity index is 446. The Hall–Kier alpha value is -1.16. The Labute approximate surface area is 103 Å². The molecule has 92 valence electrons. The first-order valence-corrected chi connectivity index (χ1v) is 5.89. The molecule has 0 bridgehead atoms. The van der Waals surface area contributed by atoms with Gasteiger partial charge in [-0.2, -0.15) is 0 Å². The number of halogens is 3. The molecule has 1 aliphatic carbocycles. The van der Waals surface area contributed by atoms with Gasteiger partial charge in [-0.25, -0.2) is 8.78 Å². The molecule has 17 heavy (non-hydrogen) atoms. The van der Waals surface area contributed by atoms with Gasteiger partial charge in [-0.05, 0) is 24.5 Å². The van der Waals surface area contributed by atoms with Gasteiger partial charge in [0, 0.05) is 11.9 Å². The number of nitrogens with one attached hydrogen (secondary N) is 1. The van der Waals surface area contributed by atoms with E-state index in [9.17, 15) is 13.6 Å². The van der Waals surface area contributed by atoms with Crippen molar-refractivity contribution in [1.29, 1.82) is 0 Å². The number of hydrogen-bond acceptors (Lipinski definition) is 1. The maximum absolute atomic E-state index is 13.3. The molecule has 1 amide bonds. The van der Waals surface area contributed by atoms with E-state index >= 15 is 0 Å². The molecule has 0 spiro atoms. The highest BCUT2D eigenvalue weighted by Crippen LogP contribution is 2.36. The molecular formula is C12H12ClF2NO. The average Bonchev–Trinajstić information content (AvgIpc) is 3.03. The molecule has 1 aromatic carbocycles. The summed E-state index contributed by atoms with van der Waals surface area (Å²) < 4.78 is 26.0. The topological polar surface area (TPSA) is 29.1 Å². The summed E-state index contributed by atoms with van der Waals surface area (Å²) in [4.78, 5) is 11.6. The second-order valence-electron chi connectivity index (χ2n) is 4.37. The minimum Gasteiger partial charge on any atom is -0.349 e. The van der Waals surface area contributed by atoms with Gasteiger partial charge in [-0.3, -0.25) is 4.79 Å². The first-order chi connectivity index (χ1) is 8.04. The predicted molar refractivity (Wildman–Crippen MR) is 60.9 cm³/mol. The van der Waals surface area contributed by atoms with Crippen molar-refractivity contribution in [3.05, 3.63) is 35.4 Å². The minimum absolute atomic E-state index is 0.0925. The largest absolute Gasteiger partial charge is 0.349 e. The van der Waals surface area contributed by atoms with Gasteiger partial charge in [0.25, 0.3) is 0 Å². The molecule has 2 rings (SSSR count). The third kappa shape index (κ3) is 2.94. The maximum Gasteiger partial charge on any atom is 0.224 e. The third-order valence-electron chi connectivity index (χ3n) is 2.88. The molecular weight excluding hydrogens is 248 g/mol. The van der Waals surface area contributed by atoms with Crippen molar-refractivity contribution in [2.75, 3.05) is 5.88 Å². The minimum atomic E-state index is -0.698. The zero-order valence-electron chi connectivity index (χ0n) is 9.10. The summed E-state index contributed by atoms with van der Waals surface area (Å²) >= 11 is 5.72. The molecule has 0 heterocycles. The number of amides is 1. The molecule has 0 aromatic heterocycles. The Morgan fingerprint density at radius 1 is 1.41 bits per heavy atom. The van der Waals surface area contributed by atoms with Gasteiger partial charge in [-0.1, -0.05) is 6.07 Å². The van der Waals surface area contributed by atoms with Gasteiger partial charge < -0.3 is 5.32 Å². The molecule has 2 nitrogen and oxygen atoms in total. The fourth-order valence-corrected chi connectivity index (χ4v) is 1.95. The van der Waals surface area contributed by atoms with Crippen molar-refractivity contribution in [2.24, 2.45) is 0 Å². The summed E-state index contributed by atoms with van der Waals surface area (Å²) in [6.07, 6.45) is 1.62. The monoisotopic (exact) mass is 259 g/mol. The number of hydrogen-bond donors (Lipinski definition) is 1. The lowest BCUT2D eigenvalue weighted by molar-refractivity contribution is -0.121. The highest BCUT2D eigenvalue weighted by molar-refractivity contribution is 6.19. The van der Waals surface area contributed by atoms with Gasteiger partial charge in [0.05, 0.1) is 12.0 Å². The summed E-state index contributed by atoms with van der Waals surface area (Å²) in [5, 5.41) is 2.78. The zero-order valence-corrected chi connectivity index (χ0v) is 9.86. The van der Waals surface area contributed by atoms with Gasteiger partial charge in [0.2, 0.25) is 5.91 Å². The van der Waals surface area contributed by atoms with Crippen LogP contribution >= 0.6 is 11.6 Å². The van der Waals surface area contributed by atoms with Gasteiger partial charge in [0.1, 0.15) is 11.6 Å². The van der Waals surface area contributed by atoms with E-state index in [0.717, 1.165) is 25.0 Å². The van der Waals surface area contributed by atoms with Crippen LogP contribution in [0.1, 0.15) is 18.4 Å². The molecule has 1 saturated carbocycles. The smallest absolute Gasteiger partial charge is 0.224 e. The Morgan fingerprint density at radius 3 is 2.65 bits per heavy atom. The molecule has 0 saturated heterocycles. The number of rotatable bonds is 4. The van der Waals surface area contributed by atoms with Crippen molar-refractivity contribution in [3.63, 3.8) is 0 Å². The van der Waals surface area contributed by atoms with Crippen molar-refractivity contribution < 1.29 is 13.6 Å². The van der Waals surface area contributed by atoms with Crippen LogP contribution in [0, 0.1) is 11.6 Å². The van der Waals surface area contributed by atoms with E-state index in [2.05, 4.69) is 5.32 Å². The molecule has 0 radical (unpaired) electrons. The van der Waals surface area contributed by atoms with E-state index in [1.807, 2.05) is 0 Å². The normalized spacial score (nSPS) is 16.6. The zero-order chi connectivity index (χ0) is 12.5. The highest BCUT2D eigenvalue weighted by Gasteiger charge is 2.43. The number of alkyl halides is 1. The second kappa shape index (κ2) is 4.61. The van der Waals surface area contributed by atoms with E-state index in [4.69, 9.17) is 11.6 Å². The SMILES string of the molecule is O=C(Cc1ccc(F)cc1F)NC1(CCl)CC1. The van der Waals surface area contributed by atoms with Gasteiger partial charge >= 0.3 is 0 Å². The van der Waals surface area contributed by atoms with Crippen LogP contribution in [-0.2, 0) is 11.2 Å². The highest BCUT2D eigenvalue weighted by atomic mass is 35.5. The van der Waals surface area contributed by atoms with E-state index in [-0.39, 0.29) is 23.4 Å². The molecule has 0 atom stereocenters. The molecule has 0 unspecified atom stereocenters. The fraction of sp³-hybridized carbons (Fsp3) is 0.417. The standard InChI is InChI=1S/C12H12ClF2NO/c13-7-12(3-4-12)16-11(17)5-8-1-2-9(14)6-10(8)15/h1-2,6H,3-5,7H2,(H,16,17). The van der Waals surface area contributed by atoms with Crippen molar-refractivity contribution in [2.45, 2.75) is 24.8 Å². The predicted octanol–water partition coefficient (Wildman–Crippen LogP) is 2.39. The molecule has 5 heteroatoms. The van der Waals surface area contributed by atoms with Crippen LogP contribution in [-0.4, -0.2) is 17.3 Å². The molecule has 1 fully saturated rings. The van der Waals surface area contributed by atoms with Gasteiger partial charge in [0.15, 0.2) is 0 Å². The summed E-state index contributed by atoms with van der Waals surface area (Å²) in [5.74, 6) is -1.26. The van der Waals surface area contributed by atoms with E-state index in [1.165, 1.54) is 6.07 Å². The third-order valence-corrected chi connectivity index (χ3v) is 3.39. The Kier molecular flexibility index (Phi) is 3.33. The summed E-state index contributed by atoms with van der Waals surface area (Å²) in [6, 6.07) is 3.20. The van der Waals surface area contributed by atoms with Crippen LogP contribution in [0.3, 0.4) is 0 Å². The number of carbonyl (C=O) groups is 1. The Morgan fingerprint density at radius 2 is 2.12 bits per heavy atom. The van der Waals surface area contributed by atoms with Crippen LogP contribution in [0.4, 0.5) is 8.78 Å². The van der Waals surface area contributed by atoms with E-state index < -0.39 is 11.6 Å². The van der Waals surface area contributed by atoms with Crippen LogP contribution in [0.25, 0.3) is 0 Å². The van der Waals surface area contributed by atoms with Crippen molar-refractivity contribution in [1.82, 2.24) is 5.32 Å². The lowest BCUT2D eigenvalue weighted by atomic mass is 10.1. The molecule has 1 aromatic rings. The molecule has 1 N–H and O–H groups in total. The first-order valence-electron chi connectivity index (χ1n) is 5.36. The van der Waals surface area contributed by atoms with Crippen molar-refractivity contribution in [3.8, 4) is 0 Å². The second-order valence-corrected chi connectivity index (χ2v) is 4.64. The fourth-order valence-electron chi connectivity index (χ4n) is 1.62. The van der Waals surface area contributed by atoms with E-state index in [0.29, 0.717) is 5.88 Å². The number of carbonyl (C=O) groups excluding carboxylic acids is 1. The maximum atomic E-state index is 13.3. The van der Waals surface area contributed by atoms with Crippen molar-refractivity contribution >= 4 is 17.5 Å². The lowest BCUT2D eigenvalue weighted by Crippen LogP contribution is -2.39. The Balaban J connectivity index is 1.98. The summed E-state index contributed by atoms with van der Waals surface area (Å²) in [7, 11) is 0. The quantitative estimate of drug-likeness (QED) is 0.827. The van der Waals surface area contributed by atoms with Crippen LogP contribution < -0.4 is 5.32 Å². The first kappa shape index (κ1) is 12.3. The van der Waals surface area contributed by atoms with Crippen LogP contribution in [0.2, 0.25) is 0 Å². The molecule has 1 aliphatic rings. The summed E-state index contributed by atoms with van der Waals surface area (Å²) in [5.41, 5.74) is -0.107. The number of benzene rings is 1.